The lowest BCUT2D eigenvalue weighted by atomic mass is 10.2. The predicted octanol–water partition coefficient (Wildman–Crippen LogP) is 3.19. The van der Waals surface area contributed by atoms with E-state index in [-0.39, 0.29) is 5.97 Å². The normalized spacial score (nSPS) is 10.7. The molecule has 1 aromatic heterocycles. The van der Waals surface area contributed by atoms with Gasteiger partial charge in [-0.2, -0.15) is 0 Å². The van der Waals surface area contributed by atoms with E-state index in [0.717, 1.165) is 29.7 Å². The number of aromatic amines is 1. The Kier molecular flexibility index (Phi) is 4.10. The number of H-pyrrole nitrogens is 1. The van der Waals surface area contributed by atoms with E-state index in [2.05, 4.69) is 35.9 Å². The molecule has 19 heavy (non-hydrogen) atoms. The van der Waals surface area contributed by atoms with Gasteiger partial charge < -0.3 is 14.6 Å². The van der Waals surface area contributed by atoms with Crippen molar-refractivity contribution in [2.24, 2.45) is 0 Å². The predicted molar refractivity (Wildman–Crippen MR) is 77.8 cm³/mol. The zero-order chi connectivity index (χ0) is 13.8. The van der Waals surface area contributed by atoms with Crippen molar-refractivity contribution in [1.29, 1.82) is 0 Å². The number of fused-ring (bicyclic) bond motifs is 1. The van der Waals surface area contributed by atoms with Crippen molar-refractivity contribution in [3.8, 4) is 0 Å². The van der Waals surface area contributed by atoms with E-state index in [4.69, 9.17) is 4.74 Å². The van der Waals surface area contributed by atoms with Crippen molar-refractivity contribution < 1.29 is 9.53 Å². The highest BCUT2D eigenvalue weighted by Crippen LogP contribution is 2.23. The Morgan fingerprint density at radius 1 is 1.21 bits per heavy atom. The molecule has 0 amide bonds. The Balaban J connectivity index is 2.35. The second-order valence-electron chi connectivity index (χ2n) is 4.35. The van der Waals surface area contributed by atoms with Gasteiger partial charge in [0.05, 0.1) is 6.61 Å². The van der Waals surface area contributed by atoms with Crippen molar-refractivity contribution in [2.45, 2.75) is 20.8 Å². The van der Waals surface area contributed by atoms with Gasteiger partial charge in [-0.05, 0) is 39.0 Å². The molecule has 0 fully saturated rings. The average Bonchev–Trinajstić information content (AvgIpc) is 2.83. The van der Waals surface area contributed by atoms with E-state index < -0.39 is 0 Å². The number of ether oxygens (including phenoxy) is 1. The van der Waals surface area contributed by atoms with Crippen molar-refractivity contribution in [3.63, 3.8) is 0 Å². The fraction of sp³-hybridized carbons (Fsp3) is 0.400. The Labute approximate surface area is 113 Å². The standard InChI is InChI=1S/C15H20N2O2/c1-4-17(5-2)12-8-7-11-9-14(15(18)19-6-3)16-13(11)10-12/h7-10,16H,4-6H2,1-3H3. The lowest BCUT2D eigenvalue weighted by Crippen LogP contribution is -2.21. The molecule has 4 heteroatoms. The summed E-state index contributed by atoms with van der Waals surface area (Å²) in [6.07, 6.45) is 0. The van der Waals surface area contributed by atoms with Crippen LogP contribution in [0.25, 0.3) is 10.9 Å². The van der Waals surface area contributed by atoms with Gasteiger partial charge in [-0.15, -0.1) is 0 Å². The topological polar surface area (TPSA) is 45.3 Å². The number of carbonyl (C=O) groups excluding carboxylic acids is 1. The van der Waals surface area contributed by atoms with Crippen LogP contribution in [0.4, 0.5) is 5.69 Å². The van der Waals surface area contributed by atoms with Gasteiger partial charge in [-0.25, -0.2) is 4.79 Å². The minimum Gasteiger partial charge on any atom is -0.461 e. The van der Waals surface area contributed by atoms with Crippen LogP contribution in [0.5, 0.6) is 0 Å². The minimum absolute atomic E-state index is 0.303. The first-order valence-electron chi connectivity index (χ1n) is 6.74. The molecule has 102 valence electrons. The summed E-state index contributed by atoms with van der Waals surface area (Å²) in [5, 5.41) is 1.03. The monoisotopic (exact) mass is 260 g/mol. The molecule has 0 saturated heterocycles. The Morgan fingerprint density at radius 2 is 1.95 bits per heavy atom. The van der Waals surface area contributed by atoms with Crippen LogP contribution in [0.2, 0.25) is 0 Å². The number of benzene rings is 1. The van der Waals surface area contributed by atoms with Gasteiger partial charge in [0, 0.05) is 29.7 Å². The third-order valence-electron chi connectivity index (χ3n) is 3.23. The van der Waals surface area contributed by atoms with Crippen LogP contribution in [0.15, 0.2) is 24.3 Å². The summed E-state index contributed by atoms with van der Waals surface area (Å²) >= 11 is 0. The molecule has 1 heterocycles. The third kappa shape index (κ3) is 2.72. The molecule has 2 aromatic rings. The zero-order valence-electron chi connectivity index (χ0n) is 11.7. The number of nitrogens with zero attached hydrogens (tertiary/aromatic N) is 1. The smallest absolute Gasteiger partial charge is 0.354 e. The van der Waals surface area contributed by atoms with Gasteiger partial charge in [0.2, 0.25) is 0 Å². The van der Waals surface area contributed by atoms with Gasteiger partial charge >= 0.3 is 5.97 Å². The molecule has 0 atom stereocenters. The van der Waals surface area contributed by atoms with Gasteiger partial charge in [0.25, 0.3) is 0 Å². The molecule has 0 radical (unpaired) electrons. The van der Waals surface area contributed by atoms with Crippen molar-refractivity contribution in [1.82, 2.24) is 4.98 Å². The first kappa shape index (κ1) is 13.5. The van der Waals surface area contributed by atoms with Crippen LogP contribution >= 0.6 is 0 Å². The number of hydrogen-bond donors (Lipinski definition) is 1. The molecule has 0 aliphatic carbocycles. The van der Waals surface area contributed by atoms with E-state index in [1.807, 2.05) is 12.1 Å². The Hall–Kier alpha value is -1.97. The lowest BCUT2D eigenvalue weighted by molar-refractivity contribution is 0.0520. The molecule has 0 spiro atoms. The van der Waals surface area contributed by atoms with E-state index in [0.29, 0.717) is 12.3 Å². The van der Waals surface area contributed by atoms with Gasteiger partial charge in [0.15, 0.2) is 0 Å². The van der Waals surface area contributed by atoms with E-state index in [1.54, 1.807) is 6.92 Å². The zero-order valence-corrected chi connectivity index (χ0v) is 11.7. The van der Waals surface area contributed by atoms with Crippen LogP contribution in [0.3, 0.4) is 0 Å². The van der Waals surface area contributed by atoms with Crippen molar-refractivity contribution >= 4 is 22.6 Å². The number of nitrogens with one attached hydrogen (secondary N) is 1. The molecule has 0 bridgehead atoms. The Morgan fingerprint density at radius 3 is 2.58 bits per heavy atom. The number of hydrogen-bond acceptors (Lipinski definition) is 3. The van der Waals surface area contributed by atoms with Crippen LogP contribution in [-0.4, -0.2) is 30.6 Å². The van der Waals surface area contributed by atoms with E-state index in [9.17, 15) is 4.79 Å². The number of rotatable bonds is 5. The highest BCUT2D eigenvalue weighted by atomic mass is 16.5. The largest absolute Gasteiger partial charge is 0.461 e. The number of anilines is 1. The van der Waals surface area contributed by atoms with E-state index >= 15 is 0 Å². The maximum atomic E-state index is 11.7. The quantitative estimate of drug-likeness (QED) is 0.840. The maximum Gasteiger partial charge on any atom is 0.354 e. The summed E-state index contributed by atoms with van der Waals surface area (Å²) in [5.74, 6) is -0.303. The van der Waals surface area contributed by atoms with Gasteiger partial charge in [-0.1, -0.05) is 6.07 Å². The highest BCUT2D eigenvalue weighted by molar-refractivity contribution is 5.95. The SMILES string of the molecule is CCOC(=O)c1cc2ccc(N(CC)CC)cc2[nH]1. The first-order chi connectivity index (χ1) is 9.19. The van der Waals surface area contributed by atoms with Crippen molar-refractivity contribution in [2.75, 3.05) is 24.6 Å². The van der Waals surface area contributed by atoms with Crippen LogP contribution in [0.1, 0.15) is 31.3 Å². The third-order valence-corrected chi connectivity index (χ3v) is 3.23. The molecule has 0 aliphatic rings. The molecular weight excluding hydrogens is 240 g/mol. The van der Waals surface area contributed by atoms with Crippen LogP contribution < -0.4 is 4.90 Å². The minimum atomic E-state index is -0.303. The molecule has 1 N–H and O–H groups in total. The van der Waals surface area contributed by atoms with E-state index in [1.165, 1.54) is 0 Å². The summed E-state index contributed by atoms with van der Waals surface area (Å²) in [4.78, 5) is 17.1. The number of carbonyl (C=O) groups is 1. The fourth-order valence-electron chi connectivity index (χ4n) is 2.22. The van der Waals surface area contributed by atoms with Gasteiger partial charge in [-0.3, -0.25) is 0 Å². The number of aromatic nitrogens is 1. The molecule has 0 aliphatic heterocycles. The maximum absolute atomic E-state index is 11.7. The summed E-state index contributed by atoms with van der Waals surface area (Å²) in [6.45, 7) is 8.39. The van der Waals surface area contributed by atoms with Crippen LogP contribution in [-0.2, 0) is 4.74 Å². The second-order valence-corrected chi connectivity index (χ2v) is 4.35. The molecule has 1 aromatic carbocycles. The molecule has 4 nitrogen and oxygen atoms in total. The fourth-order valence-corrected chi connectivity index (χ4v) is 2.22. The summed E-state index contributed by atoms with van der Waals surface area (Å²) in [6, 6.07) is 8.02. The second kappa shape index (κ2) is 5.78. The first-order valence-corrected chi connectivity index (χ1v) is 6.74. The summed E-state index contributed by atoms with van der Waals surface area (Å²) in [7, 11) is 0. The average molecular weight is 260 g/mol. The summed E-state index contributed by atoms with van der Waals surface area (Å²) in [5.41, 5.74) is 2.63. The van der Waals surface area contributed by atoms with Crippen molar-refractivity contribution in [3.05, 3.63) is 30.0 Å². The Bertz CT molecular complexity index is 571. The highest BCUT2D eigenvalue weighted by Gasteiger charge is 2.11. The molecule has 0 saturated carbocycles. The number of esters is 1. The van der Waals surface area contributed by atoms with Crippen LogP contribution in [0, 0.1) is 0 Å². The molecule has 0 unspecified atom stereocenters. The summed E-state index contributed by atoms with van der Waals surface area (Å²) < 4.78 is 5.00. The lowest BCUT2D eigenvalue weighted by Gasteiger charge is -2.20. The van der Waals surface area contributed by atoms with Gasteiger partial charge in [0.1, 0.15) is 5.69 Å². The molecule has 2 rings (SSSR count). The molecular formula is C15H20N2O2.